The van der Waals surface area contributed by atoms with E-state index in [9.17, 15) is 18.4 Å². The van der Waals surface area contributed by atoms with Crippen LogP contribution in [0.4, 0.5) is 14.5 Å². The molecule has 0 aliphatic carbocycles. The van der Waals surface area contributed by atoms with Crippen LogP contribution in [0.2, 0.25) is 0 Å². The van der Waals surface area contributed by atoms with Crippen molar-refractivity contribution in [3.05, 3.63) is 90.0 Å². The second-order valence-electron chi connectivity index (χ2n) is 6.41. The maximum absolute atomic E-state index is 13.7. The van der Waals surface area contributed by atoms with E-state index in [0.717, 1.165) is 22.9 Å². The molecule has 0 saturated heterocycles. The van der Waals surface area contributed by atoms with Gasteiger partial charge in [-0.15, -0.1) is 0 Å². The molecule has 0 bridgehead atoms. The van der Waals surface area contributed by atoms with Crippen molar-refractivity contribution in [1.29, 1.82) is 0 Å². The van der Waals surface area contributed by atoms with Gasteiger partial charge in [0.1, 0.15) is 17.3 Å². The van der Waals surface area contributed by atoms with Crippen LogP contribution in [0.1, 0.15) is 10.4 Å². The fraction of sp³-hybridized carbons (Fsp3) is 0.0435. The molecule has 0 radical (unpaired) electrons. The van der Waals surface area contributed by atoms with Crippen LogP contribution < -0.4 is 5.32 Å². The molecule has 4 rings (SSSR count). The molecule has 0 aliphatic rings. The summed E-state index contributed by atoms with van der Waals surface area (Å²) >= 11 is 0. The van der Waals surface area contributed by atoms with Crippen molar-refractivity contribution in [2.24, 2.45) is 0 Å². The van der Waals surface area contributed by atoms with Gasteiger partial charge in [0.25, 0.3) is 5.91 Å². The Bertz CT molecular complexity index is 1180. The number of para-hydroxylation sites is 1. The minimum absolute atomic E-state index is 0.337. The molecular formula is C23H15F2NO3. The highest BCUT2D eigenvalue weighted by Gasteiger charge is 2.18. The van der Waals surface area contributed by atoms with E-state index in [1.54, 1.807) is 12.1 Å². The summed E-state index contributed by atoms with van der Waals surface area (Å²) < 4.78 is 32.5. The summed E-state index contributed by atoms with van der Waals surface area (Å²) in [4.78, 5) is 24.9. The average molecular weight is 391 g/mol. The summed E-state index contributed by atoms with van der Waals surface area (Å²) in [5, 5.41) is 5.19. The number of ether oxygens (including phenoxy) is 1. The number of carbonyl (C=O) groups excluding carboxylic acids is 2. The van der Waals surface area contributed by atoms with Crippen molar-refractivity contribution in [3.8, 4) is 0 Å². The molecule has 6 heteroatoms. The van der Waals surface area contributed by atoms with E-state index in [2.05, 4.69) is 5.32 Å². The molecule has 0 fully saturated rings. The summed E-state index contributed by atoms with van der Waals surface area (Å²) in [6, 6.07) is 19.9. The van der Waals surface area contributed by atoms with Crippen molar-refractivity contribution in [2.75, 3.05) is 11.9 Å². The van der Waals surface area contributed by atoms with Gasteiger partial charge >= 0.3 is 5.97 Å². The molecule has 0 heterocycles. The van der Waals surface area contributed by atoms with E-state index < -0.39 is 35.8 Å². The van der Waals surface area contributed by atoms with E-state index in [1.165, 1.54) is 6.07 Å². The van der Waals surface area contributed by atoms with Crippen LogP contribution in [0.3, 0.4) is 0 Å². The standard InChI is InChI=1S/C23H15F2NO3/c24-18-10-5-11-19(25)22(18)26-20(27)13-29-23(28)21-16-8-3-1-6-14(16)12-15-7-2-4-9-17(15)21/h1-12H,13H2,(H,26,27). The Morgan fingerprint density at radius 1 is 0.793 bits per heavy atom. The van der Waals surface area contributed by atoms with E-state index in [4.69, 9.17) is 4.74 Å². The third-order valence-electron chi connectivity index (χ3n) is 4.54. The molecule has 144 valence electrons. The van der Waals surface area contributed by atoms with Gasteiger partial charge in [0, 0.05) is 0 Å². The average Bonchev–Trinajstić information content (AvgIpc) is 2.73. The Hall–Kier alpha value is -3.80. The number of fused-ring (bicyclic) bond motifs is 2. The Balaban J connectivity index is 1.60. The molecule has 0 spiro atoms. The first kappa shape index (κ1) is 18.6. The van der Waals surface area contributed by atoms with Crippen molar-refractivity contribution in [1.82, 2.24) is 0 Å². The van der Waals surface area contributed by atoms with Crippen molar-refractivity contribution < 1.29 is 23.1 Å². The zero-order chi connectivity index (χ0) is 20.4. The zero-order valence-corrected chi connectivity index (χ0v) is 15.1. The van der Waals surface area contributed by atoms with Gasteiger partial charge in [0.2, 0.25) is 0 Å². The summed E-state index contributed by atoms with van der Waals surface area (Å²) in [6.07, 6.45) is 0. The third kappa shape index (κ3) is 3.65. The van der Waals surface area contributed by atoms with Crippen molar-refractivity contribution >= 4 is 39.1 Å². The highest BCUT2D eigenvalue weighted by Crippen LogP contribution is 2.29. The number of benzene rings is 4. The first-order chi connectivity index (χ1) is 14.0. The summed E-state index contributed by atoms with van der Waals surface area (Å²) in [6.45, 7) is -0.676. The van der Waals surface area contributed by atoms with Crippen LogP contribution in [0.15, 0.2) is 72.8 Å². The smallest absolute Gasteiger partial charge is 0.339 e. The van der Waals surface area contributed by atoms with E-state index in [1.807, 2.05) is 42.5 Å². The molecule has 0 aromatic heterocycles. The Morgan fingerprint density at radius 3 is 1.93 bits per heavy atom. The van der Waals surface area contributed by atoms with Gasteiger partial charge in [-0.25, -0.2) is 13.6 Å². The largest absolute Gasteiger partial charge is 0.452 e. The van der Waals surface area contributed by atoms with Gasteiger partial charge in [0.15, 0.2) is 6.61 Å². The molecule has 0 atom stereocenters. The summed E-state index contributed by atoms with van der Waals surface area (Å²) in [5.41, 5.74) is -0.243. The normalized spacial score (nSPS) is 10.8. The van der Waals surface area contributed by atoms with Crippen LogP contribution in [0.25, 0.3) is 21.5 Å². The Morgan fingerprint density at radius 2 is 1.34 bits per heavy atom. The second-order valence-corrected chi connectivity index (χ2v) is 6.41. The molecule has 0 aliphatic heterocycles. The summed E-state index contributed by atoms with van der Waals surface area (Å²) in [7, 11) is 0. The van der Waals surface area contributed by atoms with E-state index in [-0.39, 0.29) is 0 Å². The summed E-state index contributed by atoms with van der Waals surface area (Å²) in [5.74, 6) is -3.36. The lowest BCUT2D eigenvalue weighted by Gasteiger charge is -2.12. The molecule has 0 saturated carbocycles. The number of amides is 1. The van der Waals surface area contributed by atoms with Crippen LogP contribution in [0.5, 0.6) is 0 Å². The monoisotopic (exact) mass is 391 g/mol. The fourth-order valence-corrected chi connectivity index (χ4v) is 3.23. The van der Waals surface area contributed by atoms with E-state index in [0.29, 0.717) is 16.3 Å². The minimum Gasteiger partial charge on any atom is -0.452 e. The molecule has 4 nitrogen and oxygen atoms in total. The first-order valence-electron chi connectivity index (χ1n) is 8.86. The van der Waals surface area contributed by atoms with Crippen LogP contribution in [-0.2, 0) is 9.53 Å². The number of hydrogen-bond acceptors (Lipinski definition) is 3. The maximum atomic E-state index is 13.7. The van der Waals surface area contributed by atoms with Gasteiger partial charge in [-0.1, -0.05) is 54.6 Å². The first-order valence-corrected chi connectivity index (χ1v) is 8.86. The topological polar surface area (TPSA) is 55.4 Å². The Kier molecular flexibility index (Phi) is 4.91. The maximum Gasteiger partial charge on any atom is 0.339 e. The number of nitrogens with one attached hydrogen (secondary N) is 1. The van der Waals surface area contributed by atoms with Crippen LogP contribution in [0, 0.1) is 11.6 Å². The van der Waals surface area contributed by atoms with Crippen LogP contribution >= 0.6 is 0 Å². The number of hydrogen-bond donors (Lipinski definition) is 1. The van der Waals surface area contributed by atoms with E-state index >= 15 is 0 Å². The number of anilines is 1. The number of halogens is 2. The lowest BCUT2D eigenvalue weighted by Crippen LogP contribution is -2.22. The minimum atomic E-state index is -0.912. The predicted octanol–water partition coefficient (Wildman–Crippen LogP) is 5.07. The molecular weight excluding hydrogens is 376 g/mol. The van der Waals surface area contributed by atoms with Crippen LogP contribution in [-0.4, -0.2) is 18.5 Å². The SMILES string of the molecule is O=C(COC(=O)c1c2ccccc2cc2ccccc12)Nc1c(F)cccc1F. The quantitative estimate of drug-likeness (QED) is 0.391. The molecule has 0 unspecified atom stereocenters. The lowest BCUT2D eigenvalue weighted by molar-refractivity contribution is -0.119. The molecule has 29 heavy (non-hydrogen) atoms. The van der Waals surface area contributed by atoms with Gasteiger partial charge in [0.05, 0.1) is 5.56 Å². The fourth-order valence-electron chi connectivity index (χ4n) is 3.23. The van der Waals surface area contributed by atoms with Gasteiger partial charge in [-0.3, -0.25) is 4.79 Å². The highest BCUT2D eigenvalue weighted by molar-refractivity contribution is 6.16. The second kappa shape index (κ2) is 7.67. The molecule has 4 aromatic rings. The molecule has 1 amide bonds. The Labute approximate surface area is 164 Å². The molecule has 1 N–H and O–H groups in total. The van der Waals surface area contributed by atoms with Gasteiger partial charge in [-0.2, -0.15) is 0 Å². The van der Waals surface area contributed by atoms with Gasteiger partial charge in [-0.05, 0) is 39.7 Å². The van der Waals surface area contributed by atoms with Crippen molar-refractivity contribution in [2.45, 2.75) is 0 Å². The number of carbonyl (C=O) groups is 2. The highest BCUT2D eigenvalue weighted by atomic mass is 19.1. The number of esters is 1. The third-order valence-corrected chi connectivity index (χ3v) is 4.54. The van der Waals surface area contributed by atoms with Gasteiger partial charge < -0.3 is 10.1 Å². The van der Waals surface area contributed by atoms with Crippen molar-refractivity contribution in [3.63, 3.8) is 0 Å². The number of rotatable bonds is 4. The zero-order valence-electron chi connectivity index (χ0n) is 15.1. The lowest BCUT2D eigenvalue weighted by atomic mass is 9.97. The molecule has 4 aromatic carbocycles. The predicted molar refractivity (Wildman–Crippen MR) is 107 cm³/mol.